The number of ether oxygens (including phenoxy) is 1. The second-order valence-electron chi connectivity index (χ2n) is 6.13. The molecule has 3 aromatic rings. The van der Waals surface area contributed by atoms with Crippen molar-refractivity contribution in [2.45, 2.75) is 25.8 Å². The quantitative estimate of drug-likeness (QED) is 0.719. The molecule has 1 aromatic carbocycles. The average molecular weight is 343 g/mol. The highest BCUT2D eigenvalue weighted by Gasteiger charge is 2.27. The molecule has 4 rings (SSSR count). The van der Waals surface area contributed by atoms with Gasteiger partial charge in [0.2, 0.25) is 5.88 Å². The molecule has 0 amide bonds. The minimum atomic E-state index is 0.494. The van der Waals surface area contributed by atoms with Gasteiger partial charge in [-0.1, -0.05) is 17.7 Å². The zero-order valence-electron chi connectivity index (χ0n) is 13.7. The molecule has 0 spiro atoms. The van der Waals surface area contributed by atoms with Crippen LogP contribution in [-0.4, -0.2) is 34.2 Å². The Balaban J connectivity index is 1.98. The summed E-state index contributed by atoms with van der Waals surface area (Å²) in [5.41, 5.74) is 2.93. The number of halogens is 1. The van der Waals surface area contributed by atoms with Crippen LogP contribution in [0, 0.1) is 0 Å². The van der Waals surface area contributed by atoms with E-state index in [-0.39, 0.29) is 0 Å². The number of hydrogen-bond donors (Lipinski definition) is 0. The van der Waals surface area contributed by atoms with Gasteiger partial charge in [0.1, 0.15) is 11.7 Å². The maximum Gasteiger partial charge on any atom is 0.227 e. The van der Waals surface area contributed by atoms with Crippen LogP contribution in [0.25, 0.3) is 16.7 Å². The molecule has 2 aromatic heterocycles. The SMILES string of the molecule is COc1ncnc2c1c(N1CCC[C@@H]1C)cn2-c1cccc(Cl)c1. The van der Waals surface area contributed by atoms with E-state index in [1.54, 1.807) is 13.4 Å². The third-order valence-corrected chi connectivity index (χ3v) is 4.91. The fourth-order valence-corrected chi connectivity index (χ4v) is 3.69. The van der Waals surface area contributed by atoms with Crippen molar-refractivity contribution in [1.82, 2.24) is 14.5 Å². The van der Waals surface area contributed by atoms with Gasteiger partial charge in [-0.15, -0.1) is 0 Å². The molecule has 0 bridgehead atoms. The molecule has 3 heterocycles. The molecule has 1 aliphatic rings. The molecule has 24 heavy (non-hydrogen) atoms. The van der Waals surface area contributed by atoms with Gasteiger partial charge in [-0.05, 0) is 38.0 Å². The van der Waals surface area contributed by atoms with Crippen LogP contribution in [0.1, 0.15) is 19.8 Å². The van der Waals surface area contributed by atoms with Crippen LogP contribution in [0.2, 0.25) is 5.02 Å². The Morgan fingerprint density at radius 3 is 2.88 bits per heavy atom. The van der Waals surface area contributed by atoms with Gasteiger partial charge in [0.15, 0.2) is 5.65 Å². The van der Waals surface area contributed by atoms with Gasteiger partial charge >= 0.3 is 0 Å². The van der Waals surface area contributed by atoms with Crippen LogP contribution in [0.4, 0.5) is 5.69 Å². The number of methoxy groups -OCH3 is 1. The molecule has 1 saturated heterocycles. The lowest BCUT2D eigenvalue weighted by atomic mass is 10.2. The number of rotatable bonds is 3. The molecular formula is C18H19ClN4O. The lowest BCUT2D eigenvalue weighted by Gasteiger charge is -2.22. The third kappa shape index (κ3) is 2.40. The largest absolute Gasteiger partial charge is 0.480 e. The molecule has 0 saturated carbocycles. The number of nitrogens with zero attached hydrogens (tertiary/aromatic N) is 4. The van der Waals surface area contributed by atoms with Gasteiger partial charge in [0, 0.05) is 29.5 Å². The minimum Gasteiger partial charge on any atom is -0.480 e. The van der Waals surface area contributed by atoms with E-state index in [2.05, 4.69) is 32.6 Å². The molecule has 0 radical (unpaired) electrons. The summed E-state index contributed by atoms with van der Waals surface area (Å²) in [5.74, 6) is 0.606. The lowest BCUT2D eigenvalue weighted by molar-refractivity contribution is 0.402. The van der Waals surface area contributed by atoms with E-state index in [0.29, 0.717) is 16.9 Å². The number of fused-ring (bicyclic) bond motifs is 1. The van der Waals surface area contributed by atoms with Crippen LogP contribution < -0.4 is 9.64 Å². The molecule has 5 nitrogen and oxygen atoms in total. The summed E-state index contributed by atoms with van der Waals surface area (Å²) in [6.45, 7) is 3.29. The molecule has 6 heteroatoms. The first-order chi connectivity index (χ1) is 11.7. The zero-order valence-corrected chi connectivity index (χ0v) is 14.5. The van der Waals surface area contributed by atoms with E-state index in [1.165, 1.54) is 12.8 Å². The van der Waals surface area contributed by atoms with Crippen molar-refractivity contribution in [2.75, 3.05) is 18.6 Å². The first kappa shape index (κ1) is 15.3. The van der Waals surface area contributed by atoms with E-state index in [0.717, 1.165) is 29.0 Å². The molecular weight excluding hydrogens is 324 g/mol. The fourth-order valence-electron chi connectivity index (χ4n) is 3.50. The van der Waals surface area contributed by atoms with Gasteiger partial charge in [0.05, 0.1) is 12.8 Å². The van der Waals surface area contributed by atoms with Gasteiger partial charge in [-0.3, -0.25) is 4.57 Å². The topological polar surface area (TPSA) is 43.2 Å². The molecule has 0 aliphatic carbocycles. The summed E-state index contributed by atoms with van der Waals surface area (Å²) < 4.78 is 7.58. The van der Waals surface area contributed by atoms with Crippen molar-refractivity contribution in [3.63, 3.8) is 0 Å². The van der Waals surface area contributed by atoms with Crippen LogP contribution in [0.3, 0.4) is 0 Å². The fraction of sp³-hybridized carbons (Fsp3) is 0.333. The second kappa shape index (κ2) is 5.98. The van der Waals surface area contributed by atoms with E-state index < -0.39 is 0 Å². The van der Waals surface area contributed by atoms with E-state index in [1.807, 2.05) is 24.3 Å². The van der Waals surface area contributed by atoms with Gasteiger partial charge < -0.3 is 9.64 Å². The Morgan fingerprint density at radius 2 is 2.17 bits per heavy atom. The smallest absolute Gasteiger partial charge is 0.227 e. The van der Waals surface area contributed by atoms with Gasteiger partial charge in [0.25, 0.3) is 0 Å². The highest BCUT2D eigenvalue weighted by atomic mass is 35.5. The maximum atomic E-state index is 6.18. The highest BCUT2D eigenvalue weighted by Crippen LogP contribution is 2.38. The third-order valence-electron chi connectivity index (χ3n) is 4.67. The predicted molar refractivity (Wildman–Crippen MR) is 96.5 cm³/mol. The normalized spacial score (nSPS) is 17.6. The summed E-state index contributed by atoms with van der Waals surface area (Å²) in [7, 11) is 1.65. The molecule has 0 N–H and O–H groups in total. The van der Waals surface area contributed by atoms with E-state index in [9.17, 15) is 0 Å². The Kier molecular flexibility index (Phi) is 3.81. The monoisotopic (exact) mass is 342 g/mol. The van der Waals surface area contributed by atoms with Crippen LogP contribution in [-0.2, 0) is 0 Å². The Morgan fingerprint density at radius 1 is 1.29 bits per heavy atom. The Labute approximate surface area is 145 Å². The molecule has 1 fully saturated rings. The second-order valence-corrected chi connectivity index (χ2v) is 6.57. The van der Waals surface area contributed by atoms with Gasteiger partial charge in [-0.25, -0.2) is 9.97 Å². The predicted octanol–water partition coefficient (Wildman–Crippen LogP) is 4.07. The number of aromatic nitrogens is 3. The van der Waals surface area contributed by atoms with Crippen molar-refractivity contribution in [1.29, 1.82) is 0 Å². The standard InChI is InChI=1S/C18H19ClN4O/c1-12-5-4-8-22(12)15-10-23(14-7-3-6-13(19)9-14)17-16(15)18(24-2)21-11-20-17/h3,6-7,9-12H,4-5,8H2,1-2H3/t12-/m0/s1. The number of benzene rings is 1. The van der Waals surface area contributed by atoms with Crippen LogP contribution >= 0.6 is 11.6 Å². The Hall–Kier alpha value is -2.27. The highest BCUT2D eigenvalue weighted by molar-refractivity contribution is 6.30. The van der Waals surface area contributed by atoms with Crippen molar-refractivity contribution in [3.05, 3.63) is 41.8 Å². The number of anilines is 1. The minimum absolute atomic E-state index is 0.494. The van der Waals surface area contributed by atoms with E-state index >= 15 is 0 Å². The molecule has 1 atom stereocenters. The van der Waals surface area contributed by atoms with Gasteiger partial charge in [-0.2, -0.15) is 0 Å². The summed E-state index contributed by atoms with van der Waals surface area (Å²) >= 11 is 6.18. The zero-order chi connectivity index (χ0) is 16.7. The molecule has 0 unspecified atom stereocenters. The van der Waals surface area contributed by atoms with Crippen molar-refractivity contribution >= 4 is 28.3 Å². The maximum absolute atomic E-state index is 6.18. The lowest BCUT2D eigenvalue weighted by Crippen LogP contribution is -2.26. The van der Waals surface area contributed by atoms with Crippen LogP contribution in [0.5, 0.6) is 5.88 Å². The van der Waals surface area contributed by atoms with Crippen LogP contribution in [0.15, 0.2) is 36.8 Å². The van der Waals surface area contributed by atoms with Crippen molar-refractivity contribution in [2.24, 2.45) is 0 Å². The van der Waals surface area contributed by atoms with Crippen molar-refractivity contribution < 1.29 is 4.74 Å². The summed E-state index contributed by atoms with van der Waals surface area (Å²) in [6, 6.07) is 8.27. The summed E-state index contributed by atoms with van der Waals surface area (Å²) in [5, 5.41) is 1.65. The first-order valence-electron chi connectivity index (χ1n) is 8.11. The Bertz CT molecular complexity index is 892. The van der Waals surface area contributed by atoms with E-state index in [4.69, 9.17) is 16.3 Å². The summed E-state index contributed by atoms with van der Waals surface area (Å²) in [6.07, 6.45) is 6.05. The number of hydrogen-bond acceptors (Lipinski definition) is 4. The average Bonchev–Trinajstić information content (AvgIpc) is 3.18. The summed E-state index contributed by atoms with van der Waals surface area (Å²) in [4.78, 5) is 11.2. The molecule has 124 valence electrons. The first-order valence-corrected chi connectivity index (χ1v) is 8.49. The van der Waals surface area contributed by atoms with Crippen molar-refractivity contribution in [3.8, 4) is 11.6 Å². The molecule has 1 aliphatic heterocycles.